The molecule has 1 aliphatic carbocycles. The number of benzene rings is 4. The second-order valence-corrected chi connectivity index (χ2v) is 15.9. The van der Waals surface area contributed by atoms with Gasteiger partial charge in [-0.05, 0) is 58.5 Å². The van der Waals surface area contributed by atoms with Gasteiger partial charge < -0.3 is 10.0 Å². The molecule has 52 heavy (non-hydrogen) atoms. The maximum absolute atomic E-state index is 16.6. The molecule has 1 unspecified atom stereocenters. The maximum Gasteiger partial charge on any atom is 0.324 e. The molecule has 2 amide bonds. The van der Waals surface area contributed by atoms with E-state index in [1.807, 2.05) is 44.2 Å². The number of phenols is 1. The Bertz CT molecular complexity index is 2120. The van der Waals surface area contributed by atoms with Crippen LogP contribution >= 0.6 is 23.2 Å². The van der Waals surface area contributed by atoms with E-state index in [0.29, 0.717) is 11.1 Å². The Morgan fingerprint density at radius 1 is 0.942 bits per heavy atom. The topological polar surface area (TPSA) is 81.2 Å². The van der Waals surface area contributed by atoms with E-state index in [-0.39, 0.29) is 47.7 Å². The molecule has 0 fully saturated rings. The van der Waals surface area contributed by atoms with Crippen molar-refractivity contribution in [3.8, 4) is 5.75 Å². The summed E-state index contributed by atoms with van der Waals surface area (Å²) in [5.74, 6) is -2.16. The number of amides is 2. The first-order valence-electron chi connectivity index (χ1n) is 16.4. The number of sulfonamides is 1. The third-order valence-corrected chi connectivity index (χ3v) is 10.8. The first-order chi connectivity index (χ1) is 24.6. The molecule has 13 heteroatoms. The predicted octanol–water partition coefficient (Wildman–Crippen LogP) is 9.63. The summed E-state index contributed by atoms with van der Waals surface area (Å²) in [4.78, 5) is 15.6. The van der Waals surface area contributed by atoms with Crippen molar-refractivity contribution in [2.75, 3.05) is 25.0 Å². The van der Waals surface area contributed by atoms with E-state index in [2.05, 4.69) is 0 Å². The van der Waals surface area contributed by atoms with Crippen molar-refractivity contribution in [2.24, 2.45) is 5.92 Å². The van der Waals surface area contributed by atoms with Crippen LogP contribution in [0.15, 0.2) is 108 Å². The Hall–Kier alpha value is -4.29. The normalized spacial score (nSPS) is 15.9. The van der Waals surface area contributed by atoms with Crippen LogP contribution in [-0.2, 0) is 23.1 Å². The van der Waals surface area contributed by atoms with Gasteiger partial charge in [0.05, 0.1) is 17.3 Å². The molecule has 1 aliphatic rings. The fraction of sp³-hybridized carbons (Fsp3) is 0.256. The molecule has 4 aromatic carbocycles. The van der Waals surface area contributed by atoms with Gasteiger partial charge in [0.1, 0.15) is 22.2 Å². The molecule has 0 saturated heterocycles. The fourth-order valence-electron chi connectivity index (χ4n) is 5.97. The lowest BCUT2D eigenvalue weighted by Crippen LogP contribution is -2.43. The van der Waals surface area contributed by atoms with Crippen molar-refractivity contribution in [3.05, 3.63) is 142 Å². The van der Waals surface area contributed by atoms with E-state index < -0.39 is 50.5 Å². The van der Waals surface area contributed by atoms with Crippen LogP contribution in [0.2, 0.25) is 10.0 Å². The van der Waals surface area contributed by atoms with E-state index in [9.17, 15) is 27.1 Å². The van der Waals surface area contributed by atoms with E-state index in [4.69, 9.17) is 23.2 Å². The third-order valence-electron chi connectivity index (χ3n) is 8.52. The zero-order valence-corrected chi connectivity index (χ0v) is 31.1. The molecular weight excluding hydrogens is 734 g/mol. The highest BCUT2D eigenvalue weighted by molar-refractivity contribution is 7.89. The standard InChI is InChI=1S/C39H38Cl2F3N3O4S/c1-26(2)22-46(38(49)45(3)35-21-32(42)12-13-34(35)43)23-27-8-7-9-28(18-27)24-47(52(50,51)36-20-31(40)19-33(41)37(36)48)25-39(44)16-14-30(15-17-39)29-10-5-4-6-11-29/h4-16,18-21,26,48H,17,22-25H2,1-3H3. The van der Waals surface area contributed by atoms with Crippen molar-refractivity contribution in [1.29, 1.82) is 0 Å². The summed E-state index contributed by atoms with van der Waals surface area (Å²) >= 11 is 12.3. The van der Waals surface area contributed by atoms with Crippen molar-refractivity contribution < 1.29 is 31.5 Å². The number of carbonyl (C=O) groups is 1. The zero-order valence-electron chi connectivity index (χ0n) is 28.7. The molecule has 1 N–H and O–H groups in total. The largest absolute Gasteiger partial charge is 0.505 e. The number of alkyl halides is 1. The minimum Gasteiger partial charge on any atom is -0.505 e. The van der Waals surface area contributed by atoms with Gasteiger partial charge in [0.2, 0.25) is 10.0 Å². The van der Waals surface area contributed by atoms with Crippen LogP contribution in [0, 0.1) is 17.6 Å². The lowest BCUT2D eigenvalue weighted by atomic mass is 9.90. The Kier molecular flexibility index (Phi) is 12.1. The van der Waals surface area contributed by atoms with Crippen LogP contribution in [0.5, 0.6) is 5.75 Å². The number of hydrogen-bond donors (Lipinski definition) is 1. The summed E-state index contributed by atoms with van der Waals surface area (Å²) in [5, 5.41) is 10.4. The monoisotopic (exact) mass is 771 g/mol. The lowest BCUT2D eigenvalue weighted by molar-refractivity contribution is 0.180. The molecule has 0 aromatic heterocycles. The van der Waals surface area contributed by atoms with Gasteiger partial charge in [-0.3, -0.25) is 4.90 Å². The molecule has 5 rings (SSSR count). The quantitative estimate of drug-likeness (QED) is 0.156. The summed E-state index contributed by atoms with van der Waals surface area (Å²) in [6.45, 7) is 3.21. The van der Waals surface area contributed by atoms with Crippen LogP contribution in [0.25, 0.3) is 5.57 Å². The van der Waals surface area contributed by atoms with Crippen LogP contribution in [0.4, 0.5) is 23.7 Å². The molecule has 0 saturated carbocycles. The SMILES string of the molecule is CC(C)CN(Cc1cccc(CN(CC2(F)C=CC(c3ccccc3)=CC2)S(=O)(=O)c2cc(Cl)cc(Cl)c2O)c1)C(=O)N(C)c1cc(F)ccc1F. The van der Waals surface area contributed by atoms with E-state index in [0.717, 1.165) is 44.6 Å². The molecule has 1 atom stereocenters. The van der Waals surface area contributed by atoms with Crippen molar-refractivity contribution in [1.82, 2.24) is 9.21 Å². The number of aromatic hydroxyl groups is 1. The Morgan fingerprint density at radius 2 is 1.63 bits per heavy atom. The molecule has 0 radical (unpaired) electrons. The van der Waals surface area contributed by atoms with Crippen molar-refractivity contribution in [3.63, 3.8) is 0 Å². The molecule has 0 bridgehead atoms. The average Bonchev–Trinajstić information content (AvgIpc) is 3.10. The van der Waals surface area contributed by atoms with E-state index >= 15 is 4.39 Å². The molecule has 4 aromatic rings. The number of phenolic OH excluding ortho intramolecular Hbond substituents is 1. The summed E-state index contributed by atoms with van der Waals surface area (Å²) in [6, 6.07) is 20.7. The minimum absolute atomic E-state index is 0.0106. The molecular formula is C39H38Cl2F3N3O4S. The molecule has 0 aliphatic heterocycles. The van der Waals surface area contributed by atoms with Gasteiger partial charge in [-0.2, -0.15) is 4.31 Å². The van der Waals surface area contributed by atoms with Gasteiger partial charge in [-0.15, -0.1) is 0 Å². The van der Waals surface area contributed by atoms with Crippen LogP contribution < -0.4 is 4.90 Å². The van der Waals surface area contributed by atoms with Gasteiger partial charge >= 0.3 is 6.03 Å². The molecule has 274 valence electrons. The molecule has 7 nitrogen and oxygen atoms in total. The Labute approximate surface area is 312 Å². The second-order valence-electron chi connectivity index (χ2n) is 13.1. The summed E-state index contributed by atoms with van der Waals surface area (Å²) in [7, 11) is -3.25. The van der Waals surface area contributed by atoms with Gasteiger partial charge in [0.15, 0.2) is 5.75 Å². The minimum atomic E-state index is -4.61. The van der Waals surface area contributed by atoms with E-state index in [1.165, 1.54) is 24.1 Å². The molecule has 0 heterocycles. The van der Waals surface area contributed by atoms with Gasteiger partial charge in [0.25, 0.3) is 0 Å². The average molecular weight is 773 g/mol. The number of carbonyl (C=O) groups excluding carboxylic acids is 1. The van der Waals surface area contributed by atoms with E-state index in [1.54, 1.807) is 36.4 Å². The third kappa shape index (κ3) is 9.19. The number of allylic oxidation sites excluding steroid dienone is 3. The number of nitrogens with zero attached hydrogens (tertiary/aromatic N) is 3. The van der Waals surface area contributed by atoms with Gasteiger partial charge in [-0.1, -0.05) is 104 Å². The zero-order chi connectivity index (χ0) is 37.8. The second kappa shape index (κ2) is 16.2. The highest BCUT2D eigenvalue weighted by Gasteiger charge is 2.38. The van der Waals surface area contributed by atoms with Crippen LogP contribution in [0.3, 0.4) is 0 Å². The predicted molar refractivity (Wildman–Crippen MR) is 200 cm³/mol. The smallest absolute Gasteiger partial charge is 0.324 e. The summed E-state index contributed by atoms with van der Waals surface area (Å²) in [6.07, 6.45) is 4.55. The van der Waals surface area contributed by atoms with Crippen LogP contribution in [0.1, 0.15) is 37.0 Å². The first-order valence-corrected chi connectivity index (χ1v) is 18.6. The maximum atomic E-state index is 16.6. The lowest BCUT2D eigenvalue weighted by Gasteiger charge is -2.32. The highest BCUT2D eigenvalue weighted by atomic mass is 35.5. The summed E-state index contributed by atoms with van der Waals surface area (Å²) in [5.41, 5.74) is 0.408. The van der Waals surface area contributed by atoms with Gasteiger partial charge in [0, 0.05) is 44.2 Å². The number of hydrogen-bond acceptors (Lipinski definition) is 4. The van der Waals surface area contributed by atoms with Crippen LogP contribution in [-0.4, -0.2) is 54.6 Å². The Balaban J connectivity index is 1.45. The molecule has 0 spiro atoms. The van der Waals surface area contributed by atoms with Crippen molar-refractivity contribution in [2.45, 2.75) is 43.9 Å². The highest BCUT2D eigenvalue weighted by Crippen LogP contribution is 2.38. The number of urea groups is 1. The number of anilines is 1. The first kappa shape index (κ1) is 38.9. The van der Waals surface area contributed by atoms with Gasteiger partial charge in [-0.25, -0.2) is 26.4 Å². The number of rotatable bonds is 12. The summed E-state index contributed by atoms with van der Waals surface area (Å²) < 4.78 is 74.5. The fourth-order valence-corrected chi connectivity index (χ4v) is 8.20. The number of halogens is 5. The van der Waals surface area contributed by atoms with Crippen molar-refractivity contribution >= 4 is 50.5 Å². The Morgan fingerprint density at radius 3 is 2.29 bits per heavy atom.